The Morgan fingerprint density at radius 2 is 2.00 bits per heavy atom. The molecule has 3 rings (SSSR count). The summed E-state index contributed by atoms with van der Waals surface area (Å²) in [7, 11) is 0. The van der Waals surface area contributed by atoms with Crippen LogP contribution in [0.3, 0.4) is 0 Å². The molecule has 118 valence electrons. The van der Waals surface area contributed by atoms with Crippen molar-refractivity contribution in [3.05, 3.63) is 58.7 Å². The molecule has 23 heavy (non-hydrogen) atoms. The Balaban J connectivity index is 1.79. The van der Waals surface area contributed by atoms with Gasteiger partial charge >= 0.3 is 0 Å². The van der Waals surface area contributed by atoms with Crippen molar-refractivity contribution < 1.29 is 13.6 Å². The molecule has 1 N–H and O–H groups in total. The predicted molar refractivity (Wildman–Crippen MR) is 87.8 cm³/mol. The number of anilines is 1. The van der Waals surface area contributed by atoms with Gasteiger partial charge in [-0.3, -0.25) is 4.79 Å². The first-order valence-electron chi connectivity index (χ1n) is 7.04. The van der Waals surface area contributed by atoms with Gasteiger partial charge in [0.2, 0.25) is 5.91 Å². The average Bonchev–Trinajstić information content (AvgIpc) is 2.84. The normalized spacial score (nSPS) is 11.0. The zero-order valence-corrected chi connectivity index (χ0v) is 13.4. The average molecular weight is 332 g/mol. The number of hydrogen-bond donors (Lipinski definition) is 1. The van der Waals surface area contributed by atoms with Gasteiger partial charge in [0.05, 0.1) is 11.1 Å². The molecule has 3 nitrogen and oxygen atoms in total. The molecule has 0 saturated heterocycles. The van der Waals surface area contributed by atoms with Crippen LogP contribution in [-0.2, 0) is 11.2 Å². The summed E-state index contributed by atoms with van der Waals surface area (Å²) in [4.78, 5) is 16.2. The number of aryl methyl sites for hydroxylation is 2. The van der Waals surface area contributed by atoms with Gasteiger partial charge in [-0.25, -0.2) is 13.8 Å². The smallest absolute Gasteiger partial charge is 0.230 e. The van der Waals surface area contributed by atoms with Gasteiger partial charge in [-0.2, -0.15) is 0 Å². The molecule has 3 aromatic rings. The van der Waals surface area contributed by atoms with E-state index in [9.17, 15) is 13.6 Å². The summed E-state index contributed by atoms with van der Waals surface area (Å²) in [6.07, 6.45) is 0.207. The van der Waals surface area contributed by atoms with Crippen LogP contribution in [0.5, 0.6) is 0 Å². The maximum Gasteiger partial charge on any atom is 0.230 e. The van der Waals surface area contributed by atoms with Crippen molar-refractivity contribution in [3.63, 3.8) is 0 Å². The second-order valence-corrected chi connectivity index (χ2v) is 6.44. The zero-order chi connectivity index (χ0) is 16.6. The molecule has 0 saturated carbocycles. The molecule has 6 heteroatoms. The maximum atomic E-state index is 13.6. The van der Waals surface area contributed by atoms with Crippen LogP contribution in [0.4, 0.5) is 13.9 Å². The molecule has 1 heterocycles. The van der Waals surface area contributed by atoms with Crippen molar-refractivity contribution in [2.24, 2.45) is 0 Å². The fraction of sp³-hybridized carbons (Fsp3) is 0.176. The second kappa shape index (κ2) is 6.04. The highest BCUT2D eigenvalue weighted by Crippen LogP contribution is 2.28. The number of halogens is 2. The lowest BCUT2D eigenvalue weighted by Gasteiger charge is -2.06. The zero-order valence-electron chi connectivity index (χ0n) is 12.6. The number of nitrogens with zero attached hydrogens (tertiary/aromatic N) is 1. The van der Waals surface area contributed by atoms with E-state index < -0.39 is 11.6 Å². The van der Waals surface area contributed by atoms with Crippen LogP contribution in [0, 0.1) is 25.5 Å². The van der Waals surface area contributed by atoms with Gasteiger partial charge < -0.3 is 5.32 Å². The number of carbonyl (C=O) groups is 1. The third kappa shape index (κ3) is 3.37. The Hall–Kier alpha value is -2.34. The molecule has 1 amide bonds. The molecule has 0 aliphatic rings. The van der Waals surface area contributed by atoms with Gasteiger partial charge in [-0.05, 0) is 31.0 Å². The third-order valence-electron chi connectivity index (χ3n) is 3.51. The Labute approximate surface area is 136 Å². The number of nitrogens with one attached hydrogen (secondary N) is 1. The van der Waals surface area contributed by atoms with Gasteiger partial charge in [0, 0.05) is 6.07 Å². The summed E-state index contributed by atoms with van der Waals surface area (Å²) >= 11 is 1.05. The highest BCUT2D eigenvalue weighted by atomic mass is 32.1. The van der Waals surface area contributed by atoms with Crippen LogP contribution in [0.2, 0.25) is 0 Å². The number of amides is 1. The molecule has 0 aliphatic carbocycles. The minimum atomic E-state index is -0.730. The molecular weight excluding hydrogens is 318 g/mol. The van der Waals surface area contributed by atoms with E-state index in [2.05, 4.69) is 10.3 Å². The van der Waals surface area contributed by atoms with E-state index in [1.54, 1.807) is 0 Å². The third-order valence-corrected chi connectivity index (χ3v) is 4.43. The molecular formula is C17H14F2N2OS. The standard InChI is InChI=1S/C17H14F2N2OS/c1-9-3-4-11(10(2)5-9)6-15(22)20-17-21-16-13(19)7-12(18)8-14(16)23-17/h3-5,7-8H,6H2,1-2H3,(H,20,21,22). The summed E-state index contributed by atoms with van der Waals surface area (Å²) in [5.74, 6) is -1.63. The fourth-order valence-corrected chi connectivity index (χ4v) is 3.31. The first-order valence-corrected chi connectivity index (χ1v) is 7.85. The van der Waals surface area contributed by atoms with E-state index >= 15 is 0 Å². The maximum absolute atomic E-state index is 13.6. The molecule has 0 atom stereocenters. The van der Waals surface area contributed by atoms with E-state index in [4.69, 9.17) is 0 Å². The van der Waals surface area contributed by atoms with E-state index in [-0.39, 0.29) is 23.0 Å². The second-order valence-electron chi connectivity index (χ2n) is 5.41. The van der Waals surface area contributed by atoms with Gasteiger partial charge in [0.1, 0.15) is 11.3 Å². The first-order chi connectivity index (χ1) is 10.9. The minimum absolute atomic E-state index is 0.0678. The molecule has 0 bridgehead atoms. The van der Waals surface area contributed by atoms with Crippen molar-refractivity contribution in [1.29, 1.82) is 0 Å². The number of fused-ring (bicyclic) bond motifs is 1. The van der Waals surface area contributed by atoms with Crippen molar-refractivity contribution in [2.75, 3.05) is 5.32 Å². The molecule has 0 unspecified atom stereocenters. The number of aromatic nitrogens is 1. The van der Waals surface area contributed by atoms with Gasteiger partial charge in [-0.15, -0.1) is 0 Å². The lowest BCUT2D eigenvalue weighted by atomic mass is 10.0. The van der Waals surface area contributed by atoms with Crippen LogP contribution in [0.1, 0.15) is 16.7 Å². The lowest BCUT2D eigenvalue weighted by Crippen LogP contribution is -2.14. The first kappa shape index (κ1) is 15.6. The summed E-state index contributed by atoms with van der Waals surface area (Å²) in [6.45, 7) is 3.94. The lowest BCUT2D eigenvalue weighted by molar-refractivity contribution is -0.115. The van der Waals surface area contributed by atoms with Crippen LogP contribution in [0.25, 0.3) is 10.2 Å². The number of thiazole rings is 1. The quantitative estimate of drug-likeness (QED) is 0.774. The fourth-order valence-electron chi connectivity index (χ4n) is 2.39. The summed E-state index contributed by atoms with van der Waals surface area (Å²) in [5.41, 5.74) is 3.16. The van der Waals surface area contributed by atoms with Crippen LogP contribution >= 0.6 is 11.3 Å². The molecule has 0 spiro atoms. The minimum Gasteiger partial charge on any atom is -0.302 e. The molecule has 0 fully saturated rings. The number of carbonyl (C=O) groups excluding carboxylic acids is 1. The SMILES string of the molecule is Cc1ccc(CC(=O)Nc2nc3c(F)cc(F)cc3s2)c(C)c1. The van der Waals surface area contributed by atoms with Crippen molar-refractivity contribution >= 4 is 32.6 Å². The summed E-state index contributed by atoms with van der Waals surface area (Å²) in [6, 6.07) is 7.86. The Kier molecular flexibility index (Phi) is 4.09. The largest absolute Gasteiger partial charge is 0.302 e. The Bertz CT molecular complexity index is 905. The molecule has 1 aromatic heterocycles. The number of benzene rings is 2. The van der Waals surface area contributed by atoms with E-state index in [1.807, 2.05) is 32.0 Å². The van der Waals surface area contributed by atoms with Crippen LogP contribution < -0.4 is 5.32 Å². The van der Waals surface area contributed by atoms with Crippen molar-refractivity contribution in [2.45, 2.75) is 20.3 Å². The van der Waals surface area contributed by atoms with E-state index in [0.717, 1.165) is 34.1 Å². The molecule has 0 aliphatic heterocycles. The Morgan fingerprint density at radius 3 is 2.74 bits per heavy atom. The highest BCUT2D eigenvalue weighted by Gasteiger charge is 2.13. The number of hydrogen-bond acceptors (Lipinski definition) is 3. The Morgan fingerprint density at radius 1 is 1.22 bits per heavy atom. The van der Waals surface area contributed by atoms with Gasteiger partial charge in [0.25, 0.3) is 0 Å². The van der Waals surface area contributed by atoms with E-state index in [1.165, 1.54) is 6.07 Å². The molecule has 0 radical (unpaired) electrons. The predicted octanol–water partition coefficient (Wildman–Crippen LogP) is 4.37. The highest BCUT2D eigenvalue weighted by molar-refractivity contribution is 7.22. The van der Waals surface area contributed by atoms with Gasteiger partial charge in [0.15, 0.2) is 10.9 Å². The summed E-state index contributed by atoms with van der Waals surface area (Å²) in [5, 5.41) is 2.91. The monoisotopic (exact) mass is 332 g/mol. The molecule has 2 aromatic carbocycles. The van der Waals surface area contributed by atoms with E-state index in [0.29, 0.717) is 4.70 Å². The van der Waals surface area contributed by atoms with Crippen LogP contribution in [-0.4, -0.2) is 10.9 Å². The van der Waals surface area contributed by atoms with Gasteiger partial charge in [-0.1, -0.05) is 35.1 Å². The number of rotatable bonds is 3. The van der Waals surface area contributed by atoms with Crippen molar-refractivity contribution in [3.8, 4) is 0 Å². The summed E-state index contributed by atoms with van der Waals surface area (Å²) < 4.78 is 27.2. The topological polar surface area (TPSA) is 42.0 Å². The van der Waals surface area contributed by atoms with Crippen molar-refractivity contribution in [1.82, 2.24) is 4.98 Å². The van der Waals surface area contributed by atoms with Crippen LogP contribution in [0.15, 0.2) is 30.3 Å².